The summed E-state index contributed by atoms with van der Waals surface area (Å²) in [4.78, 5) is 22.9. The molecule has 0 aliphatic carbocycles. The summed E-state index contributed by atoms with van der Waals surface area (Å²) in [5.74, 6) is -0.653. The average Bonchev–Trinajstić information content (AvgIpc) is 2.57. The van der Waals surface area contributed by atoms with Gasteiger partial charge in [-0.3, -0.25) is 9.59 Å². The van der Waals surface area contributed by atoms with Crippen molar-refractivity contribution >= 4 is 40.5 Å². The Hall–Kier alpha value is -2.74. The topological polar surface area (TPSA) is 70.2 Å². The number of nitrogens with one attached hydrogen (secondary N) is 3. The lowest BCUT2D eigenvalue weighted by Crippen LogP contribution is -2.17. The van der Waals surface area contributed by atoms with Crippen LogP contribution in [0, 0.1) is 0 Å². The Balaban J connectivity index is 1.87. The molecule has 2 aromatic carbocycles. The van der Waals surface area contributed by atoms with E-state index in [0.29, 0.717) is 5.69 Å². The van der Waals surface area contributed by atoms with Crippen LogP contribution in [0.2, 0.25) is 5.02 Å². The quantitative estimate of drug-likeness (QED) is 0.656. The molecule has 5 nitrogen and oxygen atoms in total. The standard InChI is InChI=1S/C18H17ClF3N3O2/c1-11(26)24-14-5-3-13(4-6-14)23-9-8-17(27)25-16-10-12(18(20,21)22)2-7-15(16)19/h2-7,10,23H,8-9H2,1H3,(H,24,26)(H,25,27). The SMILES string of the molecule is CC(=O)Nc1ccc(NCCC(=O)Nc2cc(C(F)(F)F)ccc2Cl)cc1. The van der Waals surface area contributed by atoms with Crippen LogP contribution in [-0.2, 0) is 15.8 Å². The Morgan fingerprint density at radius 2 is 1.63 bits per heavy atom. The molecule has 0 unspecified atom stereocenters. The minimum Gasteiger partial charge on any atom is -0.385 e. The van der Waals surface area contributed by atoms with Crippen LogP contribution in [0.1, 0.15) is 18.9 Å². The molecule has 0 saturated heterocycles. The van der Waals surface area contributed by atoms with Crippen molar-refractivity contribution < 1.29 is 22.8 Å². The zero-order valence-corrected chi connectivity index (χ0v) is 15.0. The molecule has 0 aliphatic rings. The maximum Gasteiger partial charge on any atom is 0.416 e. The molecule has 0 heterocycles. The van der Waals surface area contributed by atoms with Gasteiger partial charge < -0.3 is 16.0 Å². The van der Waals surface area contributed by atoms with Crippen LogP contribution < -0.4 is 16.0 Å². The Morgan fingerprint density at radius 1 is 1.00 bits per heavy atom. The van der Waals surface area contributed by atoms with E-state index >= 15 is 0 Å². The second kappa shape index (κ2) is 8.77. The number of alkyl halides is 3. The molecule has 0 aliphatic heterocycles. The third-order valence-electron chi connectivity index (χ3n) is 3.45. The predicted molar refractivity (Wildman–Crippen MR) is 98.9 cm³/mol. The lowest BCUT2D eigenvalue weighted by atomic mass is 10.2. The second-order valence-electron chi connectivity index (χ2n) is 5.68. The number of carbonyl (C=O) groups is 2. The van der Waals surface area contributed by atoms with E-state index in [2.05, 4.69) is 16.0 Å². The highest BCUT2D eigenvalue weighted by Crippen LogP contribution is 2.33. The summed E-state index contributed by atoms with van der Waals surface area (Å²) in [6.45, 7) is 1.67. The molecule has 0 saturated carbocycles. The van der Waals surface area contributed by atoms with Gasteiger partial charge in [-0.15, -0.1) is 0 Å². The van der Waals surface area contributed by atoms with Crippen molar-refractivity contribution in [2.75, 3.05) is 22.5 Å². The van der Waals surface area contributed by atoms with E-state index in [4.69, 9.17) is 11.6 Å². The normalized spacial score (nSPS) is 11.0. The van der Waals surface area contributed by atoms with Crippen LogP contribution >= 0.6 is 11.6 Å². The fourth-order valence-corrected chi connectivity index (χ4v) is 2.37. The number of hydrogen-bond acceptors (Lipinski definition) is 3. The van der Waals surface area contributed by atoms with E-state index in [-0.39, 0.29) is 29.6 Å². The van der Waals surface area contributed by atoms with Gasteiger partial charge in [-0.25, -0.2) is 0 Å². The minimum atomic E-state index is -4.52. The average molecular weight is 400 g/mol. The molecule has 0 spiro atoms. The van der Waals surface area contributed by atoms with E-state index in [9.17, 15) is 22.8 Å². The number of carbonyl (C=O) groups excluding carboxylic acids is 2. The molecular formula is C18H17ClF3N3O2. The highest BCUT2D eigenvalue weighted by Gasteiger charge is 2.31. The number of anilines is 3. The van der Waals surface area contributed by atoms with E-state index in [0.717, 1.165) is 23.9 Å². The lowest BCUT2D eigenvalue weighted by molar-refractivity contribution is -0.137. The van der Waals surface area contributed by atoms with E-state index < -0.39 is 17.6 Å². The third kappa shape index (κ3) is 6.49. The predicted octanol–water partition coefficient (Wildman–Crippen LogP) is 4.76. The number of amides is 2. The molecular weight excluding hydrogens is 383 g/mol. The third-order valence-corrected chi connectivity index (χ3v) is 3.78. The van der Waals surface area contributed by atoms with Crippen molar-refractivity contribution in [2.24, 2.45) is 0 Å². The molecule has 2 amide bonds. The monoisotopic (exact) mass is 399 g/mol. The molecule has 0 bridgehead atoms. The van der Waals surface area contributed by atoms with Gasteiger partial charge in [0.05, 0.1) is 16.3 Å². The number of benzene rings is 2. The minimum absolute atomic E-state index is 0.0258. The fourth-order valence-electron chi connectivity index (χ4n) is 2.21. The largest absolute Gasteiger partial charge is 0.416 e. The first-order valence-corrected chi connectivity index (χ1v) is 8.31. The molecule has 27 heavy (non-hydrogen) atoms. The van der Waals surface area contributed by atoms with E-state index in [1.165, 1.54) is 6.92 Å². The molecule has 144 valence electrons. The molecule has 2 aromatic rings. The maximum atomic E-state index is 12.7. The summed E-state index contributed by atoms with van der Waals surface area (Å²) in [5.41, 5.74) is 0.398. The van der Waals surface area contributed by atoms with Gasteiger partial charge in [0.15, 0.2) is 0 Å². The summed E-state index contributed by atoms with van der Waals surface area (Å²) in [6.07, 6.45) is -4.49. The van der Waals surface area contributed by atoms with Crippen molar-refractivity contribution in [1.29, 1.82) is 0 Å². The summed E-state index contributed by atoms with van der Waals surface area (Å²) < 4.78 is 38.2. The zero-order chi connectivity index (χ0) is 20.0. The molecule has 2 rings (SSSR count). The first-order chi connectivity index (χ1) is 12.6. The van der Waals surface area contributed by atoms with Crippen LogP contribution in [0.15, 0.2) is 42.5 Å². The second-order valence-corrected chi connectivity index (χ2v) is 6.08. The van der Waals surface area contributed by atoms with Crippen molar-refractivity contribution in [1.82, 2.24) is 0 Å². The molecule has 3 N–H and O–H groups in total. The van der Waals surface area contributed by atoms with Crippen molar-refractivity contribution in [3.63, 3.8) is 0 Å². The first-order valence-electron chi connectivity index (χ1n) is 7.93. The van der Waals surface area contributed by atoms with Gasteiger partial charge in [0.1, 0.15) is 0 Å². The lowest BCUT2D eigenvalue weighted by Gasteiger charge is -2.12. The number of rotatable bonds is 6. The Bertz CT molecular complexity index is 824. The highest BCUT2D eigenvalue weighted by atomic mass is 35.5. The smallest absolute Gasteiger partial charge is 0.385 e. The molecule has 9 heteroatoms. The van der Waals surface area contributed by atoms with Gasteiger partial charge in [-0.1, -0.05) is 11.6 Å². The molecule has 0 aromatic heterocycles. The summed E-state index contributed by atoms with van der Waals surface area (Å²) in [6, 6.07) is 9.60. The van der Waals surface area contributed by atoms with Crippen LogP contribution in [0.25, 0.3) is 0 Å². The van der Waals surface area contributed by atoms with Gasteiger partial charge in [0.2, 0.25) is 11.8 Å². The van der Waals surface area contributed by atoms with Crippen LogP contribution in [0.4, 0.5) is 30.2 Å². The Labute approximate surface area is 158 Å². The van der Waals surface area contributed by atoms with Crippen LogP contribution in [0.5, 0.6) is 0 Å². The van der Waals surface area contributed by atoms with E-state index in [1.54, 1.807) is 24.3 Å². The summed E-state index contributed by atoms with van der Waals surface area (Å²) in [7, 11) is 0. The maximum absolute atomic E-state index is 12.7. The van der Waals surface area contributed by atoms with Gasteiger partial charge >= 0.3 is 6.18 Å². The molecule has 0 atom stereocenters. The Morgan fingerprint density at radius 3 is 2.22 bits per heavy atom. The van der Waals surface area contributed by atoms with Crippen LogP contribution in [0.3, 0.4) is 0 Å². The Kier molecular flexibility index (Phi) is 6.68. The van der Waals surface area contributed by atoms with Gasteiger partial charge in [-0.05, 0) is 42.5 Å². The fraction of sp³-hybridized carbons (Fsp3) is 0.222. The molecule has 0 radical (unpaired) electrons. The van der Waals surface area contributed by atoms with Crippen molar-refractivity contribution in [3.05, 3.63) is 53.1 Å². The van der Waals surface area contributed by atoms with Gasteiger partial charge in [0.25, 0.3) is 0 Å². The number of halogens is 4. The molecule has 0 fully saturated rings. The summed E-state index contributed by atoms with van der Waals surface area (Å²) >= 11 is 5.84. The number of hydrogen-bond donors (Lipinski definition) is 3. The van der Waals surface area contributed by atoms with Gasteiger partial charge in [0, 0.05) is 31.3 Å². The van der Waals surface area contributed by atoms with Crippen molar-refractivity contribution in [2.45, 2.75) is 19.5 Å². The summed E-state index contributed by atoms with van der Waals surface area (Å²) in [5, 5.41) is 8.04. The van der Waals surface area contributed by atoms with E-state index in [1.807, 2.05) is 0 Å². The van der Waals surface area contributed by atoms with Gasteiger partial charge in [-0.2, -0.15) is 13.2 Å². The van der Waals surface area contributed by atoms with Crippen molar-refractivity contribution in [3.8, 4) is 0 Å². The zero-order valence-electron chi connectivity index (χ0n) is 14.3. The first kappa shape index (κ1) is 20.6. The highest BCUT2D eigenvalue weighted by molar-refractivity contribution is 6.33. The van der Waals surface area contributed by atoms with Crippen LogP contribution in [-0.4, -0.2) is 18.4 Å².